The molecule has 16 heavy (non-hydrogen) atoms. The molecule has 2 aromatic rings. The number of aromatic nitrogens is 2. The fourth-order valence-electron chi connectivity index (χ4n) is 1.48. The van der Waals surface area contributed by atoms with Gasteiger partial charge in [-0.1, -0.05) is 31.2 Å². The molecule has 1 aromatic carbocycles. The van der Waals surface area contributed by atoms with Gasteiger partial charge in [-0.2, -0.15) is 0 Å². The Hall–Kier alpha value is -1.97. The summed E-state index contributed by atoms with van der Waals surface area (Å²) in [4.78, 5) is 7.49. The van der Waals surface area contributed by atoms with Gasteiger partial charge in [-0.3, -0.25) is 0 Å². The van der Waals surface area contributed by atoms with E-state index in [0.29, 0.717) is 5.56 Å². The fourth-order valence-corrected chi connectivity index (χ4v) is 1.48. The molecule has 82 valence electrons. The van der Waals surface area contributed by atoms with Crippen molar-refractivity contribution in [1.82, 2.24) is 9.97 Å². The molecule has 0 radical (unpaired) electrons. The molecular weight excluding hydrogens is 205 g/mol. The van der Waals surface area contributed by atoms with Gasteiger partial charge in [-0.25, -0.2) is 14.4 Å². The SMILES string of the molecule is CCc1ccc(-c2ncnc(N)c2F)cc1. The van der Waals surface area contributed by atoms with Crippen molar-refractivity contribution in [3.63, 3.8) is 0 Å². The van der Waals surface area contributed by atoms with Gasteiger partial charge in [-0.05, 0) is 12.0 Å². The van der Waals surface area contributed by atoms with E-state index in [2.05, 4.69) is 16.9 Å². The molecule has 4 heteroatoms. The minimum Gasteiger partial charge on any atom is -0.381 e. The predicted molar refractivity (Wildman–Crippen MR) is 61.2 cm³/mol. The second kappa shape index (κ2) is 4.26. The number of hydrogen-bond donors (Lipinski definition) is 1. The molecule has 0 saturated carbocycles. The van der Waals surface area contributed by atoms with Crippen molar-refractivity contribution in [2.75, 3.05) is 5.73 Å². The van der Waals surface area contributed by atoms with Gasteiger partial charge in [0.15, 0.2) is 11.6 Å². The highest BCUT2D eigenvalue weighted by Gasteiger charge is 2.10. The van der Waals surface area contributed by atoms with Crippen LogP contribution in [0.25, 0.3) is 11.3 Å². The van der Waals surface area contributed by atoms with Crippen molar-refractivity contribution < 1.29 is 4.39 Å². The van der Waals surface area contributed by atoms with E-state index in [0.717, 1.165) is 6.42 Å². The Labute approximate surface area is 93.2 Å². The molecule has 0 aliphatic carbocycles. The molecular formula is C12H12FN3. The second-order valence-corrected chi connectivity index (χ2v) is 3.47. The molecule has 1 heterocycles. The van der Waals surface area contributed by atoms with E-state index < -0.39 is 5.82 Å². The standard InChI is InChI=1S/C12H12FN3/c1-2-8-3-5-9(6-4-8)11-10(13)12(14)16-7-15-11/h3-7H,2H2,1H3,(H2,14,15,16). The Bertz CT molecular complexity index is 494. The Morgan fingerprint density at radius 3 is 2.50 bits per heavy atom. The van der Waals surface area contributed by atoms with E-state index in [1.807, 2.05) is 24.3 Å². The van der Waals surface area contributed by atoms with E-state index in [-0.39, 0.29) is 11.5 Å². The first-order valence-electron chi connectivity index (χ1n) is 5.07. The Morgan fingerprint density at radius 2 is 1.88 bits per heavy atom. The Morgan fingerprint density at radius 1 is 1.19 bits per heavy atom. The third kappa shape index (κ3) is 1.86. The lowest BCUT2D eigenvalue weighted by Crippen LogP contribution is -1.99. The van der Waals surface area contributed by atoms with Crippen molar-refractivity contribution in [3.8, 4) is 11.3 Å². The Kier molecular flexibility index (Phi) is 2.81. The second-order valence-electron chi connectivity index (χ2n) is 3.47. The largest absolute Gasteiger partial charge is 0.381 e. The number of halogens is 1. The molecule has 0 aliphatic rings. The maximum Gasteiger partial charge on any atom is 0.191 e. The van der Waals surface area contributed by atoms with Crippen molar-refractivity contribution in [1.29, 1.82) is 0 Å². The molecule has 0 amide bonds. The maximum absolute atomic E-state index is 13.6. The lowest BCUT2D eigenvalue weighted by atomic mass is 10.1. The first-order valence-corrected chi connectivity index (χ1v) is 5.07. The van der Waals surface area contributed by atoms with Crippen LogP contribution in [-0.2, 0) is 6.42 Å². The number of nitrogens with two attached hydrogens (primary N) is 1. The zero-order chi connectivity index (χ0) is 11.5. The summed E-state index contributed by atoms with van der Waals surface area (Å²) in [7, 11) is 0. The van der Waals surface area contributed by atoms with Gasteiger partial charge in [0, 0.05) is 5.56 Å². The smallest absolute Gasteiger partial charge is 0.191 e. The summed E-state index contributed by atoms with van der Waals surface area (Å²) in [6.07, 6.45) is 2.22. The summed E-state index contributed by atoms with van der Waals surface area (Å²) in [5.41, 5.74) is 7.55. The van der Waals surface area contributed by atoms with Gasteiger partial charge in [0.05, 0.1) is 0 Å². The van der Waals surface area contributed by atoms with Crippen LogP contribution in [0.4, 0.5) is 10.2 Å². The predicted octanol–water partition coefficient (Wildman–Crippen LogP) is 2.43. The normalized spacial score (nSPS) is 10.4. The monoisotopic (exact) mass is 217 g/mol. The topological polar surface area (TPSA) is 51.8 Å². The Balaban J connectivity index is 2.46. The third-order valence-electron chi connectivity index (χ3n) is 2.45. The molecule has 0 bridgehead atoms. The van der Waals surface area contributed by atoms with E-state index >= 15 is 0 Å². The average molecular weight is 217 g/mol. The van der Waals surface area contributed by atoms with Crippen LogP contribution in [0, 0.1) is 5.82 Å². The number of hydrogen-bond acceptors (Lipinski definition) is 3. The first kappa shape index (κ1) is 10.5. The molecule has 2 N–H and O–H groups in total. The summed E-state index contributed by atoms with van der Waals surface area (Å²) < 4.78 is 13.6. The highest BCUT2D eigenvalue weighted by Crippen LogP contribution is 2.22. The summed E-state index contributed by atoms with van der Waals surface area (Å²) in [5.74, 6) is -0.684. The summed E-state index contributed by atoms with van der Waals surface area (Å²) in [6.45, 7) is 2.07. The zero-order valence-electron chi connectivity index (χ0n) is 8.94. The van der Waals surface area contributed by atoms with Gasteiger partial charge in [0.2, 0.25) is 0 Å². The number of anilines is 1. The number of benzene rings is 1. The van der Waals surface area contributed by atoms with Gasteiger partial charge >= 0.3 is 0 Å². The van der Waals surface area contributed by atoms with Crippen LogP contribution in [0.3, 0.4) is 0 Å². The van der Waals surface area contributed by atoms with Crippen LogP contribution in [0.2, 0.25) is 0 Å². The van der Waals surface area contributed by atoms with Gasteiger partial charge in [-0.15, -0.1) is 0 Å². The number of nitrogens with zero attached hydrogens (tertiary/aromatic N) is 2. The first-order chi connectivity index (χ1) is 7.72. The van der Waals surface area contributed by atoms with Crippen molar-refractivity contribution in [3.05, 3.63) is 42.0 Å². The van der Waals surface area contributed by atoms with E-state index in [1.165, 1.54) is 11.9 Å². The molecule has 0 saturated heterocycles. The number of aryl methyl sites for hydroxylation is 1. The van der Waals surface area contributed by atoms with E-state index in [1.54, 1.807) is 0 Å². The van der Waals surface area contributed by atoms with E-state index in [9.17, 15) is 4.39 Å². The fraction of sp³-hybridized carbons (Fsp3) is 0.167. The highest BCUT2D eigenvalue weighted by molar-refractivity contribution is 5.62. The summed E-state index contributed by atoms with van der Waals surface area (Å²) in [6, 6.07) is 7.58. The molecule has 0 spiro atoms. The van der Waals surface area contributed by atoms with Crippen LogP contribution in [0.15, 0.2) is 30.6 Å². The average Bonchev–Trinajstić information content (AvgIpc) is 2.33. The van der Waals surface area contributed by atoms with Gasteiger partial charge in [0.25, 0.3) is 0 Å². The summed E-state index contributed by atoms with van der Waals surface area (Å²) in [5, 5.41) is 0. The molecule has 0 atom stereocenters. The molecule has 0 aliphatic heterocycles. The van der Waals surface area contributed by atoms with Crippen LogP contribution >= 0.6 is 0 Å². The molecule has 0 unspecified atom stereocenters. The quantitative estimate of drug-likeness (QED) is 0.840. The third-order valence-corrected chi connectivity index (χ3v) is 2.45. The minimum atomic E-state index is -0.563. The number of rotatable bonds is 2. The van der Waals surface area contributed by atoms with Crippen LogP contribution in [-0.4, -0.2) is 9.97 Å². The highest BCUT2D eigenvalue weighted by atomic mass is 19.1. The summed E-state index contributed by atoms with van der Waals surface area (Å²) >= 11 is 0. The van der Waals surface area contributed by atoms with Crippen LogP contribution < -0.4 is 5.73 Å². The molecule has 0 fully saturated rings. The van der Waals surface area contributed by atoms with Crippen molar-refractivity contribution in [2.45, 2.75) is 13.3 Å². The molecule has 3 nitrogen and oxygen atoms in total. The number of nitrogen functional groups attached to an aromatic ring is 1. The lowest BCUT2D eigenvalue weighted by molar-refractivity contribution is 0.624. The molecule has 2 rings (SSSR count). The molecule has 1 aromatic heterocycles. The van der Waals surface area contributed by atoms with Gasteiger partial charge in [0.1, 0.15) is 12.0 Å². The van der Waals surface area contributed by atoms with Crippen molar-refractivity contribution >= 4 is 5.82 Å². The van der Waals surface area contributed by atoms with Crippen LogP contribution in [0.1, 0.15) is 12.5 Å². The minimum absolute atomic E-state index is 0.121. The lowest BCUT2D eigenvalue weighted by Gasteiger charge is -2.04. The van der Waals surface area contributed by atoms with Crippen LogP contribution in [0.5, 0.6) is 0 Å². The van der Waals surface area contributed by atoms with Crippen molar-refractivity contribution in [2.24, 2.45) is 0 Å². The maximum atomic E-state index is 13.6. The van der Waals surface area contributed by atoms with Gasteiger partial charge < -0.3 is 5.73 Å². The van der Waals surface area contributed by atoms with E-state index in [4.69, 9.17) is 5.73 Å². The zero-order valence-corrected chi connectivity index (χ0v) is 8.94.